The topological polar surface area (TPSA) is 78.9 Å². The molecule has 6 nitrogen and oxygen atoms in total. The van der Waals surface area contributed by atoms with Gasteiger partial charge in [-0.25, -0.2) is 4.79 Å². The van der Waals surface area contributed by atoms with Crippen molar-refractivity contribution in [2.45, 2.75) is 58.8 Å². The smallest absolute Gasteiger partial charge is 0.344 e. The average Bonchev–Trinajstić information content (AvgIpc) is 3.50. The highest BCUT2D eigenvalue weighted by atomic mass is 32.2. The van der Waals surface area contributed by atoms with Gasteiger partial charge in [-0.1, -0.05) is 36.4 Å². The molecule has 0 amide bonds. The van der Waals surface area contributed by atoms with Crippen LogP contribution in [-0.2, 0) is 23.8 Å². The number of esters is 1. The minimum Gasteiger partial charge on any atom is -0.481 e. The Hall–Kier alpha value is -2.81. The van der Waals surface area contributed by atoms with Crippen molar-refractivity contribution in [2.24, 2.45) is 11.8 Å². The van der Waals surface area contributed by atoms with Crippen LogP contribution in [0, 0.1) is 25.7 Å². The second-order valence-electron chi connectivity index (χ2n) is 10.1. The predicted molar refractivity (Wildman–Crippen MR) is 142 cm³/mol. The van der Waals surface area contributed by atoms with E-state index in [-0.39, 0.29) is 18.4 Å². The maximum absolute atomic E-state index is 12.7. The molecule has 3 fully saturated rings. The van der Waals surface area contributed by atoms with Gasteiger partial charge in [0.05, 0.1) is 5.25 Å². The van der Waals surface area contributed by atoms with Crippen molar-refractivity contribution in [3.8, 4) is 5.75 Å². The molecule has 2 bridgehead atoms. The molecular weight excluding hydrogens is 508 g/mol. The molecule has 2 aliphatic carbocycles. The SMILES string of the molecule is Cc1cc([SH](c2ccccc2)c2ccccc2)cc(C)c1OCC(=O)OC1C2CC3C(C2)S(=O)(=O)O[C@H]31. The van der Waals surface area contributed by atoms with E-state index in [1.165, 1.54) is 14.7 Å². The van der Waals surface area contributed by atoms with Crippen LogP contribution in [0.4, 0.5) is 0 Å². The zero-order valence-electron chi connectivity index (χ0n) is 20.7. The first kappa shape index (κ1) is 24.5. The van der Waals surface area contributed by atoms with Crippen LogP contribution in [0.2, 0.25) is 0 Å². The number of carbonyl (C=O) groups excluding carboxylic acids is 1. The lowest BCUT2D eigenvalue weighted by atomic mass is 9.94. The second kappa shape index (κ2) is 9.49. The molecule has 4 unspecified atom stereocenters. The molecule has 194 valence electrons. The maximum Gasteiger partial charge on any atom is 0.344 e. The maximum atomic E-state index is 12.7. The number of ether oxygens (including phenoxy) is 2. The van der Waals surface area contributed by atoms with Crippen LogP contribution < -0.4 is 4.74 Å². The Labute approximate surface area is 220 Å². The largest absolute Gasteiger partial charge is 0.481 e. The summed E-state index contributed by atoms with van der Waals surface area (Å²) >= 11 is 0. The second-order valence-corrected chi connectivity index (χ2v) is 14.1. The van der Waals surface area contributed by atoms with Gasteiger partial charge >= 0.3 is 5.97 Å². The number of benzene rings is 3. The third-order valence-corrected chi connectivity index (χ3v) is 11.9. The number of carbonyl (C=O) groups is 1. The lowest BCUT2D eigenvalue weighted by Gasteiger charge is -2.26. The summed E-state index contributed by atoms with van der Waals surface area (Å²) in [6.07, 6.45) is 0.183. The Bertz CT molecular complexity index is 1360. The van der Waals surface area contributed by atoms with Gasteiger partial charge in [0, 0.05) is 11.8 Å². The third kappa shape index (κ3) is 4.45. The zero-order valence-corrected chi connectivity index (χ0v) is 22.5. The molecule has 0 aromatic heterocycles. The minimum absolute atomic E-state index is 0.0409. The van der Waals surface area contributed by atoms with Crippen molar-refractivity contribution in [1.29, 1.82) is 0 Å². The van der Waals surface area contributed by atoms with Crippen LogP contribution in [-0.4, -0.2) is 38.5 Å². The molecule has 0 spiro atoms. The van der Waals surface area contributed by atoms with Crippen molar-refractivity contribution in [3.05, 3.63) is 83.9 Å². The van der Waals surface area contributed by atoms with Crippen molar-refractivity contribution in [3.63, 3.8) is 0 Å². The van der Waals surface area contributed by atoms with Crippen molar-refractivity contribution < 1.29 is 26.9 Å². The van der Waals surface area contributed by atoms with Crippen LogP contribution in [0.15, 0.2) is 87.5 Å². The van der Waals surface area contributed by atoms with Crippen molar-refractivity contribution in [1.82, 2.24) is 0 Å². The summed E-state index contributed by atoms with van der Waals surface area (Å²) in [4.78, 5) is 16.5. The molecule has 5 atom stereocenters. The van der Waals surface area contributed by atoms with Gasteiger partial charge in [-0.3, -0.25) is 4.18 Å². The number of aryl methyl sites for hydroxylation is 2. The lowest BCUT2D eigenvalue weighted by Crippen LogP contribution is -2.38. The van der Waals surface area contributed by atoms with Gasteiger partial charge in [-0.05, 0) is 88.9 Å². The van der Waals surface area contributed by atoms with E-state index in [1.807, 2.05) is 26.0 Å². The number of hydrogen-bond acceptors (Lipinski definition) is 6. The van der Waals surface area contributed by atoms with Gasteiger partial charge in [0.1, 0.15) is 18.0 Å². The minimum atomic E-state index is -3.54. The molecule has 3 aromatic rings. The Kier molecular flexibility index (Phi) is 6.29. The van der Waals surface area contributed by atoms with E-state index in [2.05, 4.69) is 60.7 Å². The van der Waals surface area contributed by atoms with E-state index in [9.17, 15) is 13.2 Å². The van der Waals surface area contributed by atoms with E-state index >= 15 is 0 Å². The summed E-state index contributed by atoms with van der Waals surface area (Å²) in [5.74, 6) is 0.152. The summed E-state index contributed by atoms with van der Waals surface area (Å²) in [5.41, 5.74) is 1.91. The summed E-state index contributed by atoms with van der Waals surface area (Å²) in [6.45, 7) is 3.76. The fourth-order valence-corrected chi connectivity index (χ4v) is 10.6. The first-order valence-electron chi connectivity index (χ1n) is 12.6. The van der Waals surface area contributed by atoms with Gasteiger partial charge in [0.2, 0.25) is 0 Å². The highest BCUT2D eigenvalue weighted by Crippen LogP contribution is 2.55. The molecule has 6 rings (SSSR count). The molecule has 8 heteroatoms. The highest BCUT2D eigenvalue weighted by molar-refractivity contribution is 8.17. The molecule has 1 saturated heterocycles. The molecule has 0 N–H and O–H groups in total. The monoisotopic (exact) mass is 538 g/mol. The van der Waals surface area contributed by atoms with Gasteiger partial charge in [0.15, 0.2) is 6.61 Å². The predicted octanol–water partition coefficient (Wildman–Crippen LogP) is 5.21. The molecular formula is C29H30O6S2. The van der Waals surface area contributed by atoms with E-state index < -0.39 is 44.4 Å². The van der Waals surface area contributed by atoms with Crippen LogP contribution in [0.25, 0.3) is 0 Å². The molecule has 37 heavy (non-hydrogen) atoms. The van der Waals surface area contributed by atoms with Gasteiger partial charge in [0.25, 0.3) is 10.1 Å². The highest BCUT2D eigenvalue weighted by Gasteiger charge is 2.65. The Morgan fingerprint density at radius 1 is 0.919 bits per heavy atom. The van der Waals surface area contributed by atoms with Crippen LogP contribution in [0.5, 0.6) is 5.75 Å². The van der Waals surface area contributed by atoms with E-state index in [0.29, 0.717) is 12.2 Å². The molecule has 0 radical (unpaired) electrons. The fourth-order valence-electron chi connectivity index (χ4n) is 6.25. The Balaban J connectivity index is 1.18. The fraction of sp³-hybridized carbons (Fsp3) is 0.345. The number of rotatable bonds is 7. The first-order chi connectivity index (χ1) is 17.8. The van der Waals surface area contributed by atoms with E-state index in [4.69, 9.17) is 13.7 Å². The molecule has 1 heterocycles. The summed E-state index contributed by atoms with van der Waals surface area (Å²) in [7, 11) is -4.29. The summed E-state index contributed by atoms with van der Waals surface area (Å²) in [5, 5.41) is -0.435. The van der Waals surface area contributed by atoms with Crippen LogP contribution in [0.3, 0.4) is 0 Å². The first-order valence-corrected chi connectivity index (χ1v) is 15.4. The molecule has 1 aliphatic heterocycles. The van der Waals surface area contributed by atoms with Gasteiger partial charge in [-0.2, -0.15) is 19.3 Å². The zero-order chi connectivity index (χ0) is 25.7. The van der Waals surface area contributed by atoms with Crippen molar-refractivity contribution in [2.75, 3.05) is 6.61 Å². The number of hydrogen-bond donors (Lipinski definition) is 1. The van der Waals surface area contributed by atoms with E-state index in [0.717, 1.165) is 17.5 Å². The quantitative estimate of drug-likeness (QED) is 0.253. The number of thiol groups is 1. The standard InChI is InChI=1S/C29H30O6S2/c1-18-13-23(36(21-9-5-3-6-10-21)22-11-7-4-8-12-22)14-19(2)27(18)33-17-26(30)34-28-20-15-24-25(16-20)37(31,32)35-29(24)28/h3-14,20,24-25,28-29,36H,15-17H2,1-2H3/t20?,24?,25?,28?,29-/m1/s1. The van der Waals surface area contributed by atoms with Gasteiger partial charge in [-0.15, -0.1) is 0 Å². The number of fused-ring (bicyclic) bond motifs is 1. The Morgan fingerprint density at radius 3 is 2.11 bits per heavy atom. The van der Waals surface area contributed by atoms with Crippen LogP contribution in [0.1, 0.15) is 24.0 Å². The third-order valence-electron chi connectivity index (χ3n) is 7.75. The average molecular weight is 539 g/mol. The van der Waals surface area contributed by atoms with Crippen LogP contribution >= 0.6 is 10.9 Å². The molecule has 3 aliphatic rings. The normalized spacial score (nSPS) is 27.2. The van der Waals surface area contributed by atoms with Gasteiger partial charge < -0.3 is 9.47 Å². The van der Waals surface area contributed by atoms with E-state index in [1.54, 1.807) is 0 Å². The summed E-state index contributed by atoms with van der Waals surface area (Å²) in [6, 6.07) is 25.3. The lowest BCUT2D eigenvalue weighted by molar-refractivity contribution is -0.158. The Morgan fingerprint density at radius 2 is 1.51 bits per heavy atom. The van der Waals surface area contributed by atoms with Crippen molar-refractivity contribution >= 4 is 27.0 Å². The summed E-state index contributed by atoms with van der Waals surface area (Å²) < 4.78 is 41.3. The molecule has 3 aromatic carbocycles. The molecule has 2 saturated carbocycles.